The van der Waals surface area contributed by atoms with Crippen LogP contribution in [0.5, 0.6) is 0 Å². The Morgan fingerprint density at radius 1 is 0.540 bits per heavy atom. The van der Waals surface area contributed by atoms with E-state index in [1.165, 1.54) is 5.39 Å². The van der Waals surface area contributed by atoms with Crippen molar-refractivity contribution in [3.05, 3.63) is 187 Å². The molecule has 5 heteroatoms. The van der Waals surface area contributed by atoms with Gasteiger partial charge in [-0.05, 0) is 53.1 Å². The molecule has 0 bridgehead atoms. The minimum Gasteiger partial charge on any atom is -0.454 e. The zero-order valence-corrected chi connectivity index (χ0v) is 27.0. The predicted octanol–water partition coefficient (Wildman–Crippen LogP) is 10.8. The Kier molecular flexibility index (Phi) is 6.49. The van der Waals surface area contributed by atoms with Crippen LogP contribution in [0.3, 0.4) is 0 Å². The molecule has 0 amide bonds. The van der Waals surface area contributed by atoms with E-state index in [0.29, 0.717) is 5.84 Å². The third-order valence-corrected chi connectivity index (χ3v) is 9.67. The Labute approximate surface area is 288 Å². The number of fused-ring (bicyclic) bond motifs is 7. The number of furan rings is 1. The Bertz CT molecular complexity index is 2790. The molecule has 0 aliphatic carbocycles. The molecular weight excluding hydrogens is 613 g/mol. The van der Waals surface area contributed by atoms with Crippen molar-refractivity contribution in [1.29, 1.82) is 0 Å². The fourth-order valence-electron chi connectivity index (χ4n) is 7.34. The zero-order chi connectivity index (χ0) is 33.0. The number of hydrogen-bond acceptors (Lipinski definition) is 4. The van der Waals surface area contributed by atoms with Gasteiger partial charge in [0, 0.05) is 32.7 Å². The summed E-state index contributed by atoms with van der Waals surface area (Å²) in [5, 5.41) is 8.23. The van der Waals surface area contributed by atoms with Crippen molar-refractivity contribution >= 4 is 55.4 Å². The number of aromatic nitrogens is 1. The van der Waals surface area contributed by atoms with E-state index >= 15 is 0 Å². The smallest absolute Gasteiger partial charge is 0.160 e. The van der Waals surface area contributed by atoms with E-state index in [9.17, 15) is 0 Å². The summed E-state index contributed by atoms with van der Waals surface area (Å²) < 4.78 is 9.00. The molecule has 3 heterocycles. The van der Waals surface area contributed by atoms with Crippen LogP contribution in [0.4, 0.5) is 0 Å². The van der Waals surface area contributed by atoms with Gasteiger partial charge in [-0.25, -0.2) is 9.98 Å². The highest BCUT2D eigenvalue weighted by Crippen LogP contribution is 2.41. The Hall–Kier alpha value is -6.72. The third-order valence-electron chi connectivity index (χ3n) is 9.67. The van der Waals surface area contributed by atoms with Crippen LogP contribution in [0.25, 0.3) is 60.6 Å². The van der Waals surface area contributed by atoms with Crippen LogP contribution in [-0.4, -0.2) is 16.2 Å². The molecule has 1 atom stereocenters. The van der Waals surface area contributed by atoms with Crippen molar-refractivity contribution in [2.75, 3.05) is 0 Å². The summed E-state index contributed by atoms with van der Waals surface area (Å²) in [7, 11) is 0. The molecule has 0 spiro atoms. The van der Waals surface area contributed by atoms with Gasteiger partial charge in [-0.15, -0.1) is 0 Å². The highest BCUT2D eigenvalue weighted by Gasteiger charge is 2.25. The van der Waals surface area contributed by atoms with Gasteiger partial charge in [0.05, 0.1) is 16.7 Å². The van der Waals surface area contributed by atoms with E-state index in [1.807, 2.05) is 24.3 Å². The third kappa shape index (κ3) is 4.55. The summed E-state index contributed by atoms with van der Waals surface area (Å²) >= 11 is 0. The standard InChI is InChI=1S/C45H30N4O/c1-3-14-29(15-4-1)31-18-13-19-32(28-31)44-46-43(30-16-5-2-6-17-30)47-45(48-44)37-22-8-11-24-39(37)49-38-23-10-7-20-33(38)35-26-27-36-34-21-9-12-25-40(34)50-42(36)41(35)49/h1-28,43H,(H,46,47,48). The minimum atomic E-state index is -0.327. The molecule has 2 aromatic heterocycles. The quantitative estimate of drug-likeness (QED) is 0.203. The molecular formula is C45H30N4O. The van der Waals surface area contributed by atoms with Gasteiger partial charge in [0.2, 0.25) is 0 Å². The number of amidine groups is 2. The summed E-state index contributed by atoms with van der Waals surface area (Å²) in [4.78, 5) is 10.5. The first kappa shape index (κ1) is 28.3. The van der Waals surface area contributed by atoms with Gasteiger partial charge in [-0.3, -0.25) is 0 Å². The number of benzene rings is 7. The second kappa shape index (κ2) is 11.5. The molecule has 1 aliphatic rings. The monoisotopic (exact) mass is 642 g/mol. The largest absolute Gasteiger partial charge is 0.454 e. The summed E-state index contributed by atoms with van der Waals surface area (Å²) in [6, 6.07) is 59.0. The van der Waals surface area contributed by atoms with Crippen LogP contribution in [0.15, 0.2) is 184 Å². The highest BCUT2D eigenvalue weighted by molar-refractivity contribution is 6.22. The summed E-state index contributed by atoms with van der Waals surface area (Å²) in [5.74, 6) is 1.44. The van der Waals surface area contributed by atoms with Gasteiger partial charge in [-0.2, -0.15) is 0 Å². The molecule has 1 unspecified atom stereocenters. The lowest BCUT2D eigenvalue weighted by Gasteiger charge is -2.25. The molecule has 236 valence electrons. The lowest BCUT2D eigenvalue weighted by molar-refractivity contribution is 0.670. The summed E-state index contributed by atoms with van der Waals surface area (Å²) in [6.07, 6.45) is -0.327. The first-order valence-corrected chi connectivity index (χ1v) is 16.9. The number of nitrogens with one attached hydrogen (secondary N) is 1. The molecule has 0 saturated carbocycles. The van der Waals surface area contributed by atoms with E-state index in [-0.39, 0.29) is 6.17 Å². The summed E-state index contributed by atoms with van der Waals surface area (Å²) in [5.41, 5.74) is 10.2. The van der Waals surface area contributed by atoms with Crippen LogP contribution in [0, 0.1) is 0 Å². The molecule has 5 nitrogen and oxygen atoms in total. The van der Waals surface area contributed by atoms with Crippen molar-refractivity contribution in [1.82, 2.24) is 9.88 Å². The van der Waals surface area contributed by atoms with E-state index in [1.54, 1.807) is 0 Å². The maximum absolute atomic E-state index is 6.65. The fourth-order valence-corrected chi connectivity index (χ4v) is 7.34. The summed E-state index contributed by atoms with van der Waals surface area (Å²) in [6.45, 7) is 0. The van der Waals surface area contributed by atoms with Gasteiger partial charge in [-0.1, -0.05) is 133 Å². The van der Waals surface area contributed by atoms with Crippen LogP contribution in [0.2, 0.25) is 0 Å². The lowest BCUT2D eigenvalue weighted by atomic mass is 10.0. The Balaban J connectivity index is 1.21. The van der Waals surface area contributed by atoms with E-state index in [2.05, 4.69) is 155 Å². The molecule has 0 fully saturated rings. The van der Waals surface area contributed by atoms with Crippen molar-refractivity contribution in [3.8, 4) is 16.8 Å². The lowest BCUT2D eigenvalue weighted by Crippen LogP contribution is -2.34. The van der Waals surface area contributed by atoms with Crippen LogP contribution >= 0.6 is 0 Å². The minimum absolute atomic E-state index is 0.327. The van der Waals surface area contributed by atoms with Crippen molar-refractivity contribution in [2.24, 2.45) is 9.98 Å². The van der Waals surface area contributed by atoms with Gasteiger partial charge >= 0.3 is 0 Å². The molecule has 9 aromatic rings. The molecule has 1 aliphatic heterocycles. The topological polar surface area (TPSA) is 54.8 Å². The van der Waals surface area contributed by atoms with E-state index in [4.69, 9.17) is 14.4 Å². The molecule has 7 aromatic carbocycles. The normalized spacial score (nSPS) is 14.6. The number of rotatable bonds is 5. The van der Waals surface area contributed by atoms with Crippen molar-refractivity contribution in [3.63, 3.8) is 0 Å². The number of nitrogens with zero attached hydrogens (tertiary/aromatic N) is 3. The van der Waals surface area contributed by atoms with Crippen LogP contribution < -0.4 is 5.32 Å². The van der Waals surface area contributed by atoms with Gasteiger partial charge in [0.1, 0.15) is 17.6 Å². The van der Waals surface area contributed by atoms with Gasteiger partial charge in [0.15, 0.2) is 11.4 Å². The van der Waals surface area contributed by atoms with Crippen molar-refractivity contribution < 1.29 is 4.42 Å². The average molecular weight is 643 g/mol. The van der Waals surface area contributed by atoms with Crippen LogP contribution in [-0.2, 0) is 0 Å². The highest BCUT2D eigenvalue weighted by atomic mass is 16.3. The van der Waals surface area contributed by atoms with Crippen molar-refractivity contribution in [2.45, 2.75) is 6.17 Å². The average Bonchev–Trinajstić information content (AvgIpc) is 3.74. The second-order valence-corrected chi connectivity index (χ2v) is 12.6. The van der Waals surface area contributed by atoms with E-state index in [0.717, 1.165) is 77.7 Å². The van der Waals surface area contributed by atoms with Gasteiger partial charge in [0.25, 0.3) is 0 Å². The molecule has 10 rings (SSSR count). The Morgan fingerprint density at radius 2 is 1.22 bits per heavy atom. The SMILES string of the molecule is c1ccc(-c2cccc(C3=NC(c4ccccc4)NC(c4ccccc4-n4c5ccccc5c5ccc6c7ccccc7oc6c54)=N3)c2)cc1. The number of aliphatic imine (C=N–C) groups is 2. The first-order valence-electron chi connectivity index (χ1n) is 16.9. The molecule has 50 heavy (non-hydrogen) atoms. The van der Waals surface area contributed by atoms with E-state index < -0.39 is 0 Å². The predicted molar refractivity (Wildman–Crippen MR) is 205 cm³/mol. The second-order valence-electron chi connectivity index (χ2n) is 12.6. The Morgan fingerprint density at radius 3 is 2.10 bits per heavy atom. The zero-order valence-electron chi connectivity index (χ0n) is 27.0. The number of hydrogen-bond donors (Lipinski definition) is 1. The van der Waals surface area contributed by atoms with Gasteiger partial charge < -0.3 is 14.3 Å². The first-order chi connectivity index (χ1) is 24.8. The molecule has 1 N–H and O–H groups in total. The maximum atomic E-state index is 6.65. The van der Waals surface area contributed by atoms with Crippen LogP contribution in [0.1, 0.15) is 22.9 Å². The molecule has 0 radical (unpaired) electrons. The maximum Gasteiger partial charge on any atom is 0.160 e. The fraction of sp³-hybridized carbons (Fsp3) is 0.0222. The number of para-hydroxylation sites is 3. The molecule has 0 saturated heterocycles.